The molecule has 0 radical (unpaired) electrons. The van der Waals surface area contributed by atoms with Gasteiger partial charge in [0.05, 0.1) is 37.8 Å². The fourth-order valence-corrected chi connectivity index (χ4v) is 5.62. The van der Waals surface area contributed by atoms with E-state index in [9.17, 15) is 17.6 Å². The molecule has 198 valence electrons. The molecule has 0 aliphatic rings. The lowest BCUT2D eigenvalue weighted by Gasteiger charge is -2.27. The Morgan fingerprint density at radius 3 is 2.24 bits per heavy atom. The minimum Gasteiger partial charge on any atom is -0.497 e. The van der Waals surface area contributed by atoms with Gasteiger partial charge in [0.25, 0.3) is 5.91 Å². The average molecular weight is 536 g/mol. The number of methoxy groups -OCH3 is 1. The number of halogens is 1. The highest BCUT2D eigenvalue weighted by Crippen LogP contribution is 2.22. The quantitative estimate of drug-likeness (QED) is 0.282. The van der Waals surface area contributed by atoms with Crippen LogP contribution in [0.2, 0.25) is 0 Å². The number of nitrogens with zero attached hydrogens (tertiary/aromatic N) is 3. The summed E-state index contributed by atoms with van der Waals surface area (Å²) in [5, 5.41) is -0.0960. The summed E-state index contributed by atoms with van der Waals surface area (Å²) in [5.74, 6) is -0.299. The van der Waals surface area contributed by atoms with Crippen molar-refractivity contribution in [2.75, 3.05) is 7.11 Å². The number of carbonyl (C=O) groups excluding carboxylic acids is 1. The average Bonchev–Trinajstić information content (AvgIpc) is 3.31. The molecule has 0 bridgehead atoms. The fourth-order valence-electron chi connectivity index (χ4n) is 4.13. The first-order chi connectivity index (χ1) is 18.2. The van der Waals surface area contributed by atoms with Crippen molar-refractivity contribution in [3.8, 4) is 5.75 Å². The Bertz CT molecular complexity index is 1480. The van der Waals surface area contributed by atoms with E-state index in [1.807, 2.05) is 44.2 Å². The molecule has 3 aromatic carbocycles. The SMILES string of the molecule is COc1ccc(C(=O)N(Cc2cnc(S(=O)(=O)Cc3ccc(F)cc3)n2Cc2ccccc2)C(C)C)cc1. The minimum absolute atomic E-state index is 0.0960. The lowest BCUT2D eigenvalue weighted by molar-refractivity contribution is 0.0685. The Labute approximate surface area is 222 Å². The van der Waals surface area contributed by atoms with Gasteiger partial charge in [-0.15, -0.1) is 0 Å². The van der Waals surface area contributed by atoms with E-state index in [1.54, 1.807) is 40.8 Å². The first-order valence-corrected chi connectivity index (χ1v) is 13.8. The number of hydrogen-bond acceptors (Lipinski definition) is 5. The van der Waals surface area contributed by atoms with Crippen LogP contribution in [0.4, 0.5) is 4.39 Å². The Morgan fingerprint density at radius 1 is 0.974 bits per heavy atom. The zero-order valence-electron chi connectivity index (χ0n) is 21.5. The van der Waals surface area contributed by atoms with Crippen molar-refractivity contribution in [3.63, 3.8) is 0 Å². The van der Waals surface area contributed by atoms with E-state index in [0.717, 1.165) is 5.56 Å². The smallest absolute Gasteiger partial charge is 0.254 e. The van der Waals surface area contributed by atoms with Crippen LogP contribution in [-0.4, -0.2) is 41.9 Å². The molecule has 1 heterocycles. The molecule has 0 spiro atoms. The molecular formula is C29H30FN3O4S. The first-order valence-electron chi connectivity index (χ1n) is 12.2. The largest absolute Gasteiger partial charge is 0.497 e. The van der Waals surface area contributed by atoms with Crippen LogP contribution in [0.1, 0.15) is 41.0 Å². The van der Waals surface area contributed by atoms with E-state index in [-0.39, 0.29) is 35.9 Å². The second-order valence-electron chi connectivity index (χ2n) is 9.24. The number of rotatable bonds is 10. The molecule has 4 aromatic rings. The monoisotopic (exact) mass is 535 g/mol. The number of amides is 1. The lowest BCUT2D eigenvalue weighted by atomic mass is 10.1. The van der Waals surface area contributed by atoms with E-state index in [0.29, 0.717) is 22.6 Å². The molecule has 1 amide bonds. The Morgan fingerprint density at radius 2 is 1.63 bits per heavy atom. The van der Waals surface area contributed by atoms with Gasteiger partial charge in [-0.3, -0.25) is 4.79 Å². The van der Waals surface area contributed by atoms with E-state index in [1.165, 1.54) is 30.5 Å². The molecule has 0 aliphatic carbocycles. The summed E-state index contributed by atoms with van der Waals surface area (Å²) in [6.07, 6.45) is 1.51. The zero-order valence-corrected chi connectivity index (χ0v) is 22.4. The van der Waals surface area contributed by atoms with E-state index < -0.39 is 15.7 Å². The van der Waals surface area contributed by atoms with Crippen LogP contribution in [0.25, 0.3) is 0 Å². The highest BCUT2D eigenvalue weighted by atomic mass is 32.2. The standard InChI is InChI=1S/C29H30FN3O4S/c1-21(2)32(28(34)24-11-15-27(37-3)16-12-24)19-26-17-31-29(33(26)18-22-7-5-4-6-8-22)38(35,36)20-23-9-13-25(30)14-10-23/h4-17,21H,18-20H2,1-3H3. The molecule has 0 fully saturated rings. The summed E-state index contributed by atoms with van der Waals surface area (Å²) in [6.45, 7) is 4.24. The topological polar surface area (TPSA) is 81.5 Å². The van der Waals surface area contributed by atoms with E-state index in [4.69, 9.17) is 4.74 Å². The highest BCUT2D eigenvalue weighted by Gasteiger charge is 2.27. The third-order valence-corrected chi connectivity index (χ3v) is 7.78. The number of sulfone groups is 1. The maximum atomic E-state index is 13.5. The minimum atomic E-state index is -3.88. The molecule has 38 heavy (non-hydrogen) atoms. The van der Waals surface area contributed by atoms with Crippen LogP contribution in [0, 0.1) is 5.82 Å². The third-order valence-electron chi connectivity index (χ3n) is 6.19. The normalized spacial score (nSPS) is 11.5. The number of carbonyl (C=O) groups is 1. The Kier molecular flexibility index (Phi) is 8.26. The Hall–Kier alpha value is -3.98. The van der Waals surface area contributed by atoms with Gasteiger partial charge in [-0.1, -0.05) is 42.5 Å². The van der Waals surface area contributed by atoms with Gasteiger partial charge in [-0.25, -0.2) is 17.8 Å². The fraction of sp³-hybridized carbons (Fsp3) is 0.241. The van der Waals surface area contributed by atoms with Gasteiger partial charge in [0.15, 0.2) is 0 Å². The molecule has 7 nitrogen and oxygen atoms in total. The first kappa shape index (κ1) is 27.1. The van der Waals surface area contributed by atoms with Crippen molar-refractivity contribution in [1.29, 1.82) is 0 Å². The third kappa shape index (κ3) is 6.28. The summed E-state index contributed by atoms with van der Waals surface area (Å²) < 4.78 is 47.2. The maximum absolute atomic E-state index is 13.5. The second-order valence-corrected chi connectivity index (χ2v) is 11.1. The summed E-state index contributed by atoms with van der Waals surface area (Å²) in [7, 11) is -2.32. The van der Waals surface area contributed by atoms with E-state index in [2.05, 4.69) is 4.98 Å². The van der Waals surface area contributed by atoms with E-state index >= 15 is 0 Å². The van der Waals surface area contributed by atoms with Crippen LogP contribution in [0.15, 0.2) is 90.2 Å². The van der Waals surface area contributed by atoms with Crippen molar-refractivity contribution < 1.29 is 22.3 Å². The molecule has 0 aliphatic heterocycles. The van der Waals surface area contributed by atoms with Crippen LogP contribution < -0.4 is 4.74 Å². The highest BCUT2D eigenvalue weighted by molar-refractivity contribution is 7.90. The molecule has 0 saturated carbocycles. The van der Waals surface area contributed by atoms with Gasteiger partial charge in [0.1, 0.15) is 11.6 Å². The number of hydrogen-bond donors (Lipinski definition) is 0. The number of imidazole rings is 1. The van der Waals surface area contributed by atoms with Crippen LogP contribution >= 0.6 is 0 Å². The molecule has 0 atom stereocenters. The van der Waals surface area contributed by atoms with Gasteiger partial charge in [-0.2, -0.15) is 0 Å². The van der Waals surface area contributed by atoms with Crippen LogP contribution in [-0.2, 0) is 28.7 Å². The van der Waals surface area contributed by atoms with Crippen molar-refractivity contribution in [2.45, 2.75) is 43.9 Å². The van der Waals surface area contributed by atoms with Crippen LogP contribution in [0.3, 0.4) is 0 Å². The Balaban J connectivity index is 1.70. The van der Waals surface area contributed by atoms with Crippen molar-refractivity contribution >= 4 is 15.7 Å². The zero-order chi connectivity index (χ0) is 27.3. The molecule has 9 heteroatoms. The number of aromatic nitrogens is 2. The summed E-state index contributed by atoms with van der Waals surface area (Å²) in [6, 6.07) is 21.5. The maximum Gasteiger partial charge on any atom is 0.254 e. The molecule has 4 rings (SSSR count). The van der Waals surface area contributed by atoms with Crippen LogP contribution in [0.5, 0.6) is 5.75 Å². The van der Waals surface area contributed by atoms with Gasteiger partial charge in [-0.05, 0) is 61.4 Å². The van der Waals surface area contributed by atoms with Gasteiger partial charge < -0.3 is 14.2 Å². The van der Waals surface area contributed by atoms with Gasteiger partial charge in [0, 0.05) is 11.6 Å². The summed E-state index contributed by atoms with van der Waals surface area (Å²) in [5.41, 5.74) is 2.43. The molecule has 1 aromatic heterocycles. The molecule has 0 saturated heterocycles. The molecule has 0 unspecified atom stereocenters. The summed E-state index contributed by atoms with van der Waals surface area (Å²) in [4.78, 5) is 19.4. The predicted molar refractivity (Wildman–Crippen MR) is 143 cm³/mol. The number of benzene rings is 3. The van der Waals surface area contributed by atoms with Gasteiger partial charge >= 0.3 is 0 Å². The van der Waals surface area contributed by atoms with Crippen molar-refractivity contribution in [1.82, 2.24) is 14.5 Å². The lowest BCUT2D eigenvalue weighted by Crippen LogP contribution is -2.37. The van der Waals surface area contributed by atoms with Gasteiger partial charge in [0.2, 0.25) is 15.0 Å². The number of ether oxygens (including phenoxy) is 1. The van der Waals surface area contributed by atoms with Crippen molar-refractivity contribution in [3.05, 3.63) is 113 Å². The van der Waals surface area contributed by atoms with Crippen molar-refractivity contribution in [2.24, 2.45) is 0 Å². The second kappa shape index (κ2) is 11.6. The molecule has 0 N–H and O–H groups in total. The predicted octanol–water partition coefficient (Wildman–Crippen LogP) is 5.10. The molecular weight excluding hydrogens is 505 g/mol. The summed E-state index contributed by atoms with van der Waals surface area (Å²) >= 11 is 0.